The molecule has 3 heteroatoms. The molecule has 3 N–H and O–H groups in total. The van der Waals surface area contributed by atoms with Crippen LogP contribution in [-0.2, 0) is 6.42 Å². The summed E-state index contributed by atoms with van der Waals surface area (Å²) >= 11 is 0. The van der Waals surface area contributed by atoms with Crippen molar-refractivity contribution in [2.45, 2.75) is 32.8 Å². The number of aliphatic hydroxyl groups excluding tert-OH is 1. The van der Waals surface area contributed by atoms with E-state index in [-0.39, 0.29) is 6.10 Å². The first-order chi connectivity index (χ1) is 6.59. The number of nitrogens with zero attached hydrogens (tertiary/aromatic N) is 1. The number of hydrogen-bond donors (Lipinski definition) is 2. The minimum absolute atomic E-state index is 0.318. The molecule has 0 radical (unpaired) electrons. The van der Waals surface area contributed by atoms with Crippen molar-refractivity contribution in [1.29, 1.82) is 0 Å². The van der Waals surface area contributed by atoms with Gasteiger partial charge in [0.2, 0.25) is 0 Å². The molecule has 1 unspecified atom stereocenters. The predicted molar refractivity (Wildman–Crippen MR) is 57.8 cm³/mol. The van der Waals surface area contributed by atoms with Gasteiger partial charge in [-0.2, -0.15) is 0 Å². The fraction of sp³-hybridized carbons (Fsp3) is 0.545. The summed E-state index contributed by atoms with van der Waals surface area (Å²) in [5.74, 6) is 1.03. The molecule has 1 rings (SSSR count). The van der Waals surface area contributed by atoms with Crippen LogP contribution in [0.2, 0.25) is 0 Å². The highest BCUT2D eigenvalue weighted by Gasteiger charge is 2.09. The molecule has 0 fully saturated rings. The molecule has 14 heavy (non-hydrogen) atoms. The third-order valence-electron chi connectivity index (χ3n) is 2.13. The van der Waals surface area contributed by atoms with Gasteiger partial charge in [0.25, 0.3) is 0 Å². The Kier molecular flexibility index (Phi) is 3.89. The Morgan fingerprint density at radius 3 is 2.79 bits per heavy atom. The zero-order valence-electron chi connectivity index (χ0n) is 8.77. The predicted octanol–water partition coefficient (Wildman–Crippen LogP) is 1.61. The van der Waals surface area contributed by atoms with Gasteiger partial charge in [0.1, 0.15) is 5.82 Å². The van der Waals surface area contributed by atoms with E-state index in [0.717, 1.165) is 12.0 Å². The second-order valence-electron chi connectivity index (χ2n) is 4.04. The van der Waals surface area contributed by atoms with Gasteiger partial charge in [0, 0.05) is 12.6 Å². The molecule has 0 bridgehead atoms. The molecule has 0 spiro atoms. The number of rotatable bonds is 4. The molecular weight excluding hydrogens is 176 g/mol. The van der Waals surface area contributed by atoms with Crippen molar-refractivity contribution in [3.05, 3.63) is 23.9 Å². The number of aliphatic hydroxyl groups is 1. The second kappa shape index (κ2) is 4.96. The number of nitrogen functional groups attached to an aromatic ring is 1. The maximum Gasteiger partial charge on any atom is 0.126 e. The molecule has 78 valence electrons. The molecule has 0 aliphatic rings. The topological polar surface area (TPSA) is 59.1 Å². The summed E-state index contributed by atoms with van der Waals surface area (Å²) in [7, 11) is 0. The third kappa shape index (κ3) is 3.34. The number of anilines is 1. The van der Waals surface area contributed by atoms with Crippen LogP contribution in [0.25, 0.3) is 0 Å². The van der Waals surface area contributed by atoms with E-state index in [1.165, 1.54) is 0 Å². The Morgan fingerprint density at radius 2 is 2.21 bits per heavy atom. The quantitative estimate of drug-likeness (QED) is 0.765. The van der Waals surface area contributed by atoms with Gasteiger partial charge in [0.15, 0.2) is 0 Å². The average molecular weight is 194 g/mol. The highest BCUT2D eigenvalue weighted by Crippen LogP contribution is 2.14. The molecule has 1 heterocycles. The van der Waals surface area contributed by atoms with Gasteiger partial charge >= 0.3 is 0 Å². The lowest BCUT2D eigenvalue weighted by atomic mass is 10.0. The number of aromatic nitrogens is 1. The minimum atomic E-state index is -0.318. The van der Waals surface area contributed by atoms with E-state index in [4.69, 9.17) is 5.73 Å². The van der Waals surface area contributed by atoms with Crippen LogP contribution in [0.1, 0.15) is 25.8 Å². The van der Waals surface area contributed by atoms with E-state index in [2.05, 4.69) is 18.8 Å². The highest BCUT2D eigenvalue weighted by molar-refractivity contribution is 5.38. The van der Waals surface area contributed by atoms with Gasteiger partial charge in [-0.15, -0.1) is 0 Å². The maximum atomic E-state index is 9.71. The van der Waals surface area contributed by atoms with Gasteiger partial charge in [-0.1, -0.05) is 19.9 Å². The van der Waals surface area contributed by atoms with Crippen molar-refractivity contribution in [2.24, 2.45) is 5.92 Å². The summed E-state index contributed by atoms with van der Waals surface area (Å²) in [5.41, 5.74) is 6.61. The first-order valence-corrected chi connectivity index (χ1v) is 4.97. The fourth-order valence-corrected chi connectivity index (χ4v) is 1.50. The lowest BCUT2D eigenvalue weighted by Gasteiger charge is -2.13. The van der Waals surface area contributed by atoms with Crippen molar-refractivity contribution in [1.82, 2.24) is 4.98 Å². The summed E-state index contributed by atoms with van der Waals surface area (Å²) in [5, 5.41) is 9.71. The van der Waals surface area contributed by atoms with Crippen LogP contribution >= 0.6 is 0 Å². The molecule has 0 saturated carbocycles. The van der Waals surface area contributed by atoms with E-state index >= 15 is 0 Å². The van der Waals surface area contributed by atoms with Crippen molar-refractivity contribution >= 4 is 5.82 Å². The molecule has 0 saturated heterocycles. The van der Waals surface area contributed by atoms with Crippen molar-refractivity contribution in [3.63, 3.8) is 0 Å². The molecule has 0 aliphatic heterocycles. The standard InChI is InChI=1S/C11H18N2O/c1-8(2)6-10(14)7-9-4-3-5-13-11(9)12/h3-5,8,10,14H,6-7H2,1-2H3,(H2,12,13). The Morgan fingerprint density at radius 1 is 1.50 bits per heavy atom. The zero-order valence-corrected chi connectivity index (χ0v) is 8.77. The Hall–Kier alpha value is -1.09. The first-order valence-electron chi connectivity index (χ1n) is 4.97. The van der Waals surface area contributed by atoms with Crippen LogP contribution in [0.3, 0.4) is 0 Å². The molecule has 0 aliphatic carbocycles. The molecule has 1 atom stereocenters. The maximum absolute atomic E-state index is 9.71. The van der Waals surface area contributed by atoms with Crippen molar-refractivity contribution in [3.8, 4) is 0 Å². The average Bonchev–Trinajstić information content (AvgIpc) is 2.07. The van der Waals surface area contributed by atoms with E-state index in [1.807, 2.05) is 12.1 Å². The van der Waals surface area contributed by atoms with Gasteiger partial charge in [-0.25, -0.2) is 4.98 Å². The van der Waals surface area contributed by atoms with E-state index in [1.54, 1.807) is 6.20 Å². The van der Waals surface area contributed by atoms with Crippen LogP contribution in [0.4, 0.5) is 5.82 Å². The van der Waals surface area contributed by atoms with Crippen LogP contribution in [0.15, 0.2) is 18.3 Å². The molecule has 0 amide bonds. The molecule has 0 aromatic carbocycles. The number of hydrogen-bond acceptors (Lipinski definition) is 3. The highest BCUT2D eigenvalue weighted by atomic mass is 16.3. The molecular formula is C11H18N2O. The summed E-state index contributed by atoms with van der Waals surface area (Å²) in [4.78, 5) is 3.98. The van der Waals surface area contributed by atoms with Crippen LogP contribution in [-0.4, -0.2) is 16.2 Å². The van der Waals surface area contributed by atoms with Gasteiger partial charge in [0.05, 0.1) is 6.10 Å². The second-order valence-corrected chi connectivity index (χ2v) is 4.04. The lowest BCUT2D eigenvalue weighted by molar-refractivity contribution is 0.149. The van der Waals surface area contributed by atoms with Crippen LogP contribution in [0.5, 0.6) is 0 Å². The monoisotopic (exact) mass is 194 g/mol. The smallest absolute Gasteiger partial charge is 0.126 e. The van der Waals surface area contributed by atoms with Crippen LogP contribution in [0, 0.1) is 5.92 Å². The Bertz CT molecular complexity index is 286. The molecule has 1 aromatic rings. The number of pyridine rings is 1. The zero-order chi connectivity index (χ0) is 10.6. The summed E-state index contributed by atoms with van der Waals surface area (Å²) in [6.07, 6.45) is 2.74. The normalized spacial score (nSPS) is 13.1. The van der Waals surface area contributed by atoms with Gasteiger partial charge in [-0.3, -0.25) is 0 Å². The van der Waals surface area contributed by atoms with E-state index in [9.17, 15) is 5.11 Å². The molecule has 3 nitrogen and oxygen atoms in total. The summed E-state index contributed by atoms with van der Waals surface area (Å²) in [6, 6.07) is 3.75. The number of nitrogens with two attached hydrogens (primary N) is 1. The van der Waals surface area contributed by atoms with Crippen molar-refractivity contribution < 1.29 is 5.11 Å². The van der Waals surface area contributed by atoms with Gasteiger partial charge in [-0.05, 0) is 24.0 Å². The fourth-order valence-electron chi connectivity index (χ4n) is 1.50. The van der Waals surface area contributed by atoms with Crippen LogP contribution < -0.4 is 5.73 Å². The minimum Gasteiger partial charge on any atom is -0.393 e. The summed E-state index contributed by atoms with van der Waals surface area (Å²) in [6.45, 7) is 4.19. The first kappa shape index (κ1) is 11.0. The Balaban J connectivity index is 2.56. The SMILES string of the molecule is CC(C)CC(O)Cc1cccnc1N. The lowest BCUT2D eigenvalue weighted by Crippen LogP contribution is -2.14. The largest absolute Gasteiger partial charge is 0.393 e. The summed E-state index contributed by atoms with van der Waals surface area (Å²) < 4.78 is 0. The third-order valence-corrected chi connectivity index (χ3v) is 2.13. The van der Waals surface area contributed by atoms with E-state index in [0.29, 0.717) is 18.2 Å². The van der Waals surface area contributed by atoms with Crippen molar-refractivity contribution in [2.75, 3.05) is 5.73 Å². The Labute approximate surface area is 85.0 Å². The van der Waals surface area contributed by atoms with Gasteiger partial charge < -0.3 is 10.8 Å². The van der Waals surface area contributed by atoms with E-state index < -0.39 is 0 Å². The molecule has 1 aromatic heterocycles.